The Hall–Kier alpha value is -1.99. The molecule has 108 valence electrons. The number of carbonyl (C=O) groups is 1. The molecule has 0 bridgehead atoms. The Labute approximate surface area is 132 Å². The fourth-order valence-electron chi connectivity index (χ4n) is 1.57. The molecule has 0 radical (unpaired) electrons. The molecule has 1 amide bonds. The second kappa shape index (κ2) is 6.19. The highest BCUT2D eigenvalue weighted by Gasteiger charge is 2.15. The van der Waals surface area contributed by atoms with Gasteiger partial charge in [0.1, 0.15) is 10.8 Å². The number of nitrogens with one attached hydrogen (secondary N) is 1. The third kappa shape index (κ3) is 3.56. The van der Waals surface area contributed by atoms with Crippen LogP contribution in [-0.4, -0.2) is 10.8 Å². The van der Waals surface area contributed by atoms with E-state index in [1.54, 1.807) is 0 Å². The van der Waals surface area contributed by atoms with Gasteiger partial charge >= 0.3 is 0 Å². The van der Waals surface area contributed by atoms with Crippen molar-refractivity contribution in [1.82, 2.24) is 0 Å². The summed E-state index contributed by atoms with van der Waals surface area (Å²) >= 11 is 8.66. The van der Waals surface area contributed by atoms with Crippen LogP contribution >= 0.6 is 27.5 Å². The summed E-state index contributed by atoms with van der Waals surface area (Å²) in [7, 11) is 0. The van der Waals surface area contributed by atoms with Gasteiger partial charge in [-0.1, -0.05) is 11.6 Å². The van der Waals surface area contributed by atoms with E-state index in [-0.39, 0.29) is 26.4 Å². The lowest BCUT2D eigenvalue weighted by atomic mass is 10.2. The standard InChI is InChI=1S/C13H7BrClFN2O3/c14-9-5-7(1-4-11(9)16)13(19)17-8-2-3-10(15)12(6-8)18(20)21/h1-6H,(H,17,19). The van der Waals surface area contributed by atoms with Crippen LogP contribution in [0, 0.1) is 15.9 Å². The van der Waals surface area contributed by atoms with Crippen molar-refractivity contribution < 1.29 is 14.1 Å². The molecule has 5 nitrogen and oxygen atoms in total. The second-order valence-corrected chi connectivity index (χ2v) is 5.27. The molecule has 0 saturated carbocycles. The number of nitro groups is 1. The van der Waals surface area contributed by atoms with Crippen LogP contribution in [0.3, 0.4) is 0 Å². The van der Waals surface area contributed by atoms with Crippen molar-refractivity contribution in [3.8, 4) is 0 Å². The van der Waals surface area contributed by atoms with Crippen molar-refractivity contribution in [3.63, 3.8) is 0 Å². The zero-order chi connectivity index (χ0) is 15.6. The SMILES string of the molecule is O=C(Nc1ccc(Cl)c([N+](=O)[O-])c1)c1ccc(F)c(Br)c1. The van der Waals surface area contributed by atoms with E-state index < -0.39 is 16.6 Å². The van der Waals surface area contributed by atoms with Crippen LogP contribution in [0.5, 0.6) is 0 Å². The molecule has 8 heteroatoms. The number of nitrogens with zero attached hydrogens (tertiary/aromatic N) is 1. The molecule has 0 saturated heterocycles. The zero-order valence-electron chi connectivity index (χ0n) is 10.3. The van der Waals surface area contributed by atoms with Crippen LogP contribution in [0.1, 0.15) is 10.4 Å². The summed E-state index contributed by atoms with van der Waals surface area (Å²) < 4.78 is 13.3. The van der Waals surface area contributed by atoms with Gasteiger partial charge in [-0.15, -0.1) is 0 Å². The minimum atomic E-state index is -0.646. The van der Waals surface area contributed by atoms with Crippen LogP contribution in [0.2, 0.25) is 5.02 Å². The predicted octanol–water partition coefficient (Wildman–Crippen LogP) is 4.40. The normalized spacial score (nSPS) is 10.2. The van der Waals surface area contributed by atoms with E-state index in [0.29, 0.717) is 0 Å². The first-order valence-corrected chi connectivity index (χ1v) is 6.76. The number of halogens is 3. The van der Waals surface area contributed by atoms with Crippen LogP contribution < -0.4 is 5.32 Å². The fraction of sp³-hybridized carbons (Fsp3) is 0. The van der Waals surface area contributed by atoms with E-state index in [1.807, 2.05) is 0 Å². The molecule has 0 unspecified atom stereocenters. The average Bonchev–Trinajstić information content (AvgIpc) is 2.43. The van der Waals surface area contributed by atoms with E-state index in [9.17, 15) is 19.3 Å². The highest BCUT2D eigenvalue weighted by atomic mass is 79.9. The number of anilines is 1. The summed E-state index contributed by atoms with van der Waals surface area (Å²) in [6.45, 7) is 0. The van der Waals surface area contributed by atoms with E-state index in [2.05, 4.69) is 21.2 Å². The van der Waals surface area contributed by atoms with Crippen LogP contribution in [0.15, 0.2) is 40.9 Å². The minimum Gasteiger partial charge on any atom is -0.322 e. The second-order valence-electron chi connectivity index (χ2n) is 4.01. The molecular formula is C13H7BrClFN2O3. The Morgan fingerprint density at radius 1 is 1.29 bits per heavy atom. The molecule has 0 aliphatic heterocycles. The maximum Gasteiger partial charge on any atom is 0.289 e. The lowest BCUT2D eigenvalue weighted by Crippen LogP contribution is -2.12. The van der Waals surface area contributed by atoms with E-state index >= 15 is 0 Å². The van der Waals surface area contributed by atoms with Gasteiger partial charge in [0.15, 0.2) is 0 Å². The monoisotopic (exact) mass is 372 g/mol. The number of nitro benzene ring substituents is 1. The van der Waals surface area contributed by atoms with Gasteiger partial charge < -0.3 is 5.32 Å². The van der Waals surface area contributed by atoms with Crippen molar-refractivity contribution in [3.05, 3.63) is 67.4 Å². The number of benzene rings is 2. The van der Waals surface area contributed by atoms with Crippen LogP contribution in [0.25, 0.3) is 0 Å². The molecule has 0 aliphatic carbocycles. The number of rotatable bonds is 3. The van der Waals surface area contributed by atoms with Gasteiger partial charge in [-0.25, -0.2) is 4.39 Å². The first-order valence-electron chi connectivity index (χ1n) is 5.59. The van der Waals surface area contributed by atoms with E-state index in [1.165, 1.54) is 24.3 Å². The lowest BCUT2D eigenvalue weighted by molar-refractivity contribution is -0.384. The number of carbonyl (C=O) groups excluding carboxylic acids is 1. The average molecular weight is 374 g/mol. The van der Waals surface area contributed by atoms with Crippen molar-refractivity contribution in [2.24, 2.45) is 0 Å². The third-order valence-corrected chi connectivity index (χ3v) is 3.51. The van der Waals surface area contributed by atoms with Crippen molar-refractivity contribution >= 4 is 44.8 Å². The summed E-state index contributed by atoms with van der Waals surface area (Å²) in [5, 5.41) is 13.2. The number of hydrogen-bond acceptors (Lipinski definition) is 3. The molecule has 0 aliphatic rings. The summed E-state index contributed by atoms with van der Waals surface area (Å²) in [5.74, 6) is -1.01. The molecule has 0 atom stereocenters. The van der Waals surface area contributed by atoms with Gasteiger partial charge in [-0.05, 0) is 46.3 Å². The minimum absolute atomic E-state index is 0.0254. The highest BCUT2D eigenvalue weighted by Crippen LogP contribution is 2.27. The summed E-state index contributed by atoms with van der Waals surface area (Å²) in [5.41, 5.74) is 0.118. The van der Waals surface area contributed by atoms with Crippen molar-refractivity contribution in [2.45, 2.75) is 0 Å². The maximum atomic E-state index is 13.1. The molecular weight excluding hydrogens is 367 g/mol. The van der Waals surface area contributed by atoms with Crippen molar-refractivity contribution in [2.75, 3.05) is 5.32 Å². The largest absolute Gasteiger partial charge is 0.322 e. The fourth-order valence-corrected chi connectivity index (χ4v) is 2.14. The quantitative estimate of drug-likeness (QED) is 0.640. The zero-order valence-corrected chi connectivity index (χ0v) is 12.6. The topological polar surface area (TPSA) is 72.2 Å². The first-order chi connectivity index (χ1) is 9.88. The maximum absolute atomic E-state index is 13.1. The molecule has 0 heterocycles. The molecule has 0 fully saturated rings. The van der Waals surface area contributed by atoms with Crippen molar-refractivity contribution in [1.29, 1.82) is 0 Å². The molecule has 21 heavy (non-hydrogen) atoms. The number of hydrogen-bond donors (Lipinski definition) is 1. The molecule has 2 aromatic rings. The summed E-state index contributed by atoms with van der Waals surface area (Å²) in [6.07, 6.45) is 0. The Morgan fingerprint density at radius 2 is 2.00 bits per heavy atom. The Bertz CT molecular complexity index is 739. The lowest BCUT2D eigenvalue weighted by Gasteiger charge is -2.06. The van der Waals surface area contributed by atoms with Gasteiger partial charge in [-0.3, -0.25) is 14.9 Å². The first kappa shape index (κ1) is 15.4. The summed E-state index contributed by atoms with van der Waals surface area (Å²) in [6, 6.07) is 7.67. The van der Waals surface area contributed by atoms with Gasteiger partial charge in [-0.2, -0.15) is 0 Å². The van der Waals surface area contributed by atoms with Gasteiger partial charge in [0.05, 0.1) is 9.40 Å². The Kier molecular flexibility index (Phi) is 4.54. The predicted molar refractivity (Wildman–Crippen MR) is 80.2 cm³/mol. The molecule has 0 aromatic heterocycles. The molecule has 2 rings (SSSR count). The smallest absolute Gasteiger partial charge is 0.289 e. The third-order valence-electron chi connectivity index (χ3n) is 2.58. The van der Waals surface area contributed by atoms with Gasteiger partial charge in [0, 0.05) is 17.3 Å². The van der Waals surface area contributed by atoms with Crippen LogP contribution in [-0.2, 0) is 0 Å². The van der Waals surface area contributed by atoms with Gasteiger partial charge in [0.2, 0.25) is 0 Å². The molecule has 1 N–H and O–H groups in total. The Balaban J connectivity index is 2.25. The van der Waals surface area contributed by atoms with Gasteiger partial charge in [0.25, 0.3) is 11.6 Å². The highest BCUT2D eigenvalue weighted by molar-refractivity contribution is 9.10. The molecule has 0 spiro atoms. The summed E-state index contributed by atoms with van der Waals surface area (Å²) in [4.78, 5) is 22.1. The van der Waals surface area contributed by atoms with Crippen LogP contribution in [0.4, 0.5) is 15.8 Å². The van der Waals surface area contributed by atoms with E-state index in [4.69, 9.17) is 11.6 Å². The number of amides is 1. The van der Waals surface area contributed by atoms with E-state index in [0.717, 1.165) is 12.1 Å². The Morgan fingerprint density at radius 3 is 2.62 bits per heavy atom. The molecule has 2 aromatic carbocycles.